The van der Waals surface area contributed by atoms with Crippen LogP contribution in [0.15, 0.2) is 30.3 Å². The molecule has 0 heterocycles. The predicted octanol–water partition coefficient (Wildman–Crippen LogP) is 2.92. The van der Waals surface area contributed by atoms with Gasteiger partial charge < -0.3 is 0 Å². The van der Waals surface area contributed by atoms with Gasteiger partial charge in [-0.3, -0.25) is 0 Å². The Bertz CT molecular complexity index is 360. The number of halogens is 1. The zero-order valence-electron chi connectivity index (χ0n) is 7.91. The molecule has 0 spiro atoms. The van der Waals surface area contributed by atoms with Crippen LogP contribution in [0.25, 0.3) is 0 Å². The van der Waals surface area contributed by atoms with E-state index in [1.54, 1.807) is 30.3 Å². The average molecular weight is 241 g/mol. The topological polar surface area (TPSA) is 34.1 Å². The fourth-order valence-corrected chi connectivity index (χ4v) is 1.32. The van der Waals surface area contributed by atoms with Crippen LogP contribution in [0.1, 0.15) is 24.2 Å². The van der Waals surface area contributed by atoms with Gasteiger partial charge >= 0.3 is 86.1 Å². The first kappa shape index (κ1) is 11.2. The van der Waals surface area contributed by atoms with Crippen LogP contribution in [0.5, 0.6) is 0 Å². The van der Waals surface area contributed by atoms with Gasteiger partial charge in [0.15, 0.2) is 0 Å². The van der Waals surface area contributed by atoms with Crippen molar-refractivity contribution in [3.8, 4) is 0 Å². The summed E-state index contributed by atoms with van der Waals surface area (Å²) in [6.07, 6.45) is 0. The average Bonchev–Trinajstić information content (AvgIpc) is 2.17. The van der Waals surface area contributed by atoms with E-state index in [9.17, 15) is 12.2 Å². The minimum absolute atomic E-state index is 0.387. The zero-order chi connectivity index (χ0) is 10.8. The van der Waals surface area contributed by atoms with Crippen LogP contribution in [0.2, 0.25) is 4.35 Å². The number of Topliss-reactive ketones (excluding diaryl/α,β-unsaturated/α-hetero) is 1. The third kappa shape index (κ3) is 2.13. The minimum atomic E-state index is -2.98. The van der Waals surface area contributed by atoms with Crippen LogP contribution in [0.4, 0.5) is 3.58 Å². The Morgan fingerprint density at radius 1 is 1.29 bits per heavy atom. The zero-order valence-corrected chi connectivity index (χ0v) is 8.96. The molecule has 1 aromatic rings. The fraction of sp³-hybridized carbons (Fsp3) is 0.300. The molecule has 0 aliphatic heterocycles. The van der Waals surface area contributed by atoms with Crippen molar-refractivity contribution in [2.24, 2.45) is 0 Å². The second-order valence-corrected chi connectivity index (χ2v) is 5.17. The van der Waals surface area contributed by atoms with Gasteiger partial charge in [-0.25, -0.2) is 0 Å². The first-order chi connectivity index (χ1) is 6.46. The maximum atomic E-state index is 12.7. The molecular weight excluding hydrogens is 230 g/mol. The van der Waals surface area contributed by atoms with Gasteiger partial charge in [0.2, 0.25) is 0 Å². The van der Waals surface area contributed by atoms with Gasteiger partial charge in [-0.15, -0.1) is 0 Å². The summed E-state index contributed by atoms with van der Waals surface area (Å²) in [4.78, 5) is 11.7. The molecule has 0 unspecified atom stereocenters. The van der Waals surface area contributed by atoms with Crippen LogP contribution in [0, 0.1) is 0 Å². The van der Waals surface area contributed by atoms with E-state index >= 15 is 0 Å². The number of rotatable bonds is 3. The van der Waals surface area contributed by atoms with Crippen LogP contribution in [-0.2, 0) is 17.9 Å². The molecule has 14 heavy (non-hydrogen) atoms. The summed E-state index contributed by atoms with van der Waals surface area (Å²) in [5.41, 5.74) is 0.387. The van der Waals surface area contributed by atoms with Crippen molar-refractivity contribution in [2.75, 3.05) is 0 Å². The molecule has 4 heteroatoms. The Morgan fingerprint density at radius 2 is 1.79 bits per heavy atom. The van der Waals surface area contributed by atoms with Gasteiger partial charge in [0.05, 0.1) is 0 Å². The molecule has 0 aliphatic rings. The Balaban J connectivity index is 3.03. The number of carbonyl (C=O) groups is 1. The summed E-state index contributed by atoms with van der Waals surface area (Å²) in [5, 5.41) is 0. The van der Waals surface area contributed by atoms with Gasteiger partial charge in [-0.1, -0.05) is 0 Å². The molecular formula is C10H11CoFO2. The van der Waals surface area contributed by atoms with E-state index in [0.29, 0.717) is 5.56 Å². The molecule has 0 N–H and O–H groups in total. The number of hydrogen-bond acceptors (Lipinski definition) is 2. The molecule has 0 amide bonds. The number of ketones is 1. The molecule has 0 aliphatic carbocycles. The summed E-state index contributed by atoms with van der Waals surface area (Å²) < 4.78 is 22.0. The third-order valence-corrected chi connectivity index (χ3v) is 3.15. The molecule has 0 radical (unpaired) electrons. The number of carbonyl (C=O) groups excluding carboxylic acids is 1. The van der Waals surface area contributed by atoms with Crippen molar-refractivity contribution in [1.29, 1.82) is 0 Å². The van der Waals surface area contributed by atoms with Gasteiger partial charge in [0.25, 0.3) is 0 Å². The Morgan fingerprint density at radius 3 is 2.21 bits per heavy atom. The molecule has 1 aromatic carbocycles. The second kappa shape index (κ2) is 4.10. The van der Waals surface area contributed by atoms with E-state index in [4.69, 9.17) is 0 Å². The number of benzene rings is 1. The van der Waals surface area contributed by atoms with Gasteiger partial charge in [-0.2, -0.15) is 0 Å². The maximum absolute atomic E-state index is 12.7. The van der Waals surface area contributed by atoms with Gasteiger partial charge in [0, 0.05) is 0 Å². The van der Waals surface area contributed by atoms with E-state index in [2.05, 4.69) is 0 Å². The first-order valence-electron chi connectivity index (χ1n) is 4.04. The van der Waals surface area contributed by atoms with Crippen LogP contribution in [-0.4, -0.2) is 5.78 Å². The fourth-order valence-electron chi connectivity index (χ4n) is 0.986. The molecule has 2 nitrogen and oxygen atoms in total. The molecule has 0 saturated heterocycles. The standard InChI is InChI=1S/C10H11O.Co.FH.O/c1-8(2)10(11)9-6-4-3-5-7-9;;;/h3-7H,1-2H3;;1H;/q;+1;;/p-1. The van der Waals surface area contributed by atoms with E-state index in [1.807, 2.05) is 0 Å². The normalized spacial score (nSPS) is 12.4. The van der Waals surface area contributed by atoms with E-state index < -0.39 is 24.2 Å². The molecule has 79 valence electrons. The second-order valence-electron chi connectivity index (χ2n) is 3.29. The monoisotopic (exact) mass is 241 g/mol. The van der Waals surface area contributed by atoms with Crippen molar-refractivity contribution in [1.82, 2.24) is 0 Å². The van der Waals surface area contributed by atoms with Gasteiger partial charge in [0.1, 0.15) is 0 Å². The molecule has 0 atom stereocenters. The van der Waals surface area contributed by atoms with E-state index in [1.165, 1.54) is 13.8 Å². The van der Waals surface area contributed by atoms with Crippen LogP contribution in [0.3, 0.4) is 0 Å². The summed E-state index contributed by atoms with van der Waals surface area (Å²) in [6, 6.07) is 8.31. The van der Waals surface area contributed by atoms with Crippen molar-refractivity contribution in [3.63, 3.8) is 0 Å². The SMILES string of the molecule is C[C](C)(C(=O)c1ccccc1)[Co](=[O])[F]. The van der Waals surface area contributed by atoms with E-state index in [0.717, 1.165) is 0 Å². The molecule has 0 bridgehead atoms. The predicted molar refractivity (Wildman–Crippen MR) is 46.6 cm³/mol. The third-order valence-electron chi connectivity index (χ3n) is 1.89. The molecule has 0 fully saturated rings. The van der Waals surface area contributed by atoms with Gasteiger partial charge in [-0.05, 0) is 0 Å². The summed E-state index contributed by atoms with van der Waals surface area (Å²) in [6.45, 7) is 2.69. The Labute approximate surface area is 86.5 Å². The van der Waals surface area contributed by atoms with Crippen molar-refractivity contribution >= 4 is 5.78 Å². The van der Waals surface area contributed by atoms with Crippen molar-refractivity contribution < 1.29 is 26.3 Å². The quantitative estimate of drug-likeness (QED) is 0.762. The Kier molecular flexibility index (Phi) is 3.28. The van der Waals surface area contributed by atoms with Crippen LogP contribution < -0.4 is 0 Å². The van der Waals surface area contributed by atoms with Crippen molar-refractivity contribution in [3.05, 3.63) is 35.9 Å². The first-order valence-corrected chi connectivity index (χ1v) is 5.38. The summed E-state index contributed by atoms with van der Waals surface area (Å²) in [7, 11) is 0. The summed E-state index contributed by atoms with van der Waals surface area (Å²) in [5.74, 6) is -0.430. The van der Waals surface area contributed by atoms with Crippen molar-refractivity contribution in [2.45, 2.75) is 18.2 Å². The van der Waals surface area contributed by atoms with E-state index in [-0.39, 0.29) is 0 Å². The molecule has 0 saturated carbocycles. The summed E-state index contributed by atoms with van der Waals surface area (Å²) >= 11 is -2.98. The molecule has 1 rings (SSSR count). The van der Waals surface area contributed by atoms with Crippen LogP contribution >= 0.6 is 0 Å². The Hall–Kier alpha value is -0.874. The molecule has 0 aromatic heterocycles. The number of hydrogen-bond donors (Lipinski definition) is 0.